The van der Waals surface area contributed by atoms with Crippen molar-refractivity contribution in [3.63, 3.8) is 0 Å². The van der Waals surface area contributed by atoms with Crippen molar-refractivity contribution >= 4 is 28.2 Å². The third-order valence-electron chi connectivity index (χ3n) is 4.96. The second-order valence-electron chi connectivity index (χ2n) is 7.15. The number of hydrogen-bond donors (Lipinski definition) is 1. The lowest BCUT2D eigenvalue weighted by Crippen LogP contribution is -2.14. The van der Waals surface area contributed by atoms with Crippen LogP contribution in [0, 0.1) is 0 Å². The van der Waals surface area contributed by atoms with Crippen molar-refractivity contribution < 1.29 is 9.59 Å². The van der Waals surface area contributed by atoms with Gasteiger partial charge < -0.3 is 5.32 Å². The van der Waals surface area contributed by atoms with Crippen LogP contribution in [0.4, 0.5) is 5.13 Å². The Kier molecular flexibility index (Phi) is 6.34. The molecule has 0 bridgehead atoms. The van der Waals surface area contributed by atoms with Crippen LogP contribution in [-0.4, -0.2) is 16.7 Å². The summed E-state index contributed by atoms with van der Waals surface area (Å²) >= 11 is 1.21. The Morgan fingerprint density at radius 2 is 1.45 bits per heavy atom. The summed E-state index contributed by atoms with van der Waals surface area (Å²) in [4.78, 5) is 30.9. The maximum absolute atomic E-state index is 13.1. The summed E-state index contributed by atoms with van der Waals surface area (Å²) in [7, 11) is 0. The van der Waals surface area contributed by atoms with Gasteiger partial charge in [-0.3, -0.25) is 9.59 Å². The predicted molar refractivity (Wildman–Crippen MR) is 126 cm³/mol. The minimum atomic E-state index is -0.156. The molecule has 31 heavy (non-hydrogen) atoms. The summed E-state index contributed by atoms with van der Waals surface area (Å²) in [5, 5.41) is 3.30. The van der Waals surface area contributed by atoms with Gasteiger partial charge in [-0.25, -0.2) is 4.98 Å². The number of thiazole rings is 1. The first-order valence-electron chi connectivity index (χ1n) is 10.2. The van der Waals surface area contributed by atoms with Crippen LogP contribution in [0.3, 0.4) is 0 Å². The third kappa shape index (κ3) is 4.95. The largest absolute Gasteiger partial charge is 0.302 e. The zero-order valence-electron chi connectivity index (χ0n) is 17.2. The second-order valence-corrected chi connectivity index (χ2v) is 8.15. The second kappa shape index (κ2) is 9.49. The van der Waals surface area contributed by atoms with Crippen LogP contribution in [0.1, 0.15) is 33.3 Å². The van der Waals surface area contributed by atoms with Crippen LogP contribution < -0.4 is 5.32 Å². The average Bonchev–Trinajstić information content (AvgIpc) is 3.23. The third-order valence-corrected chi connectivity index (χ3v) is 5.93. The number of nitrogens with zero attached hydrogens (tertiary/aromatic N) is 1. The Bertz CT molecular complexity index is 1180. The molecule has 5 heteroatoms. The van der Waals surface area contributed by atoms with E-state index in [1.54, 1.807) is 12.1 Å². The van der Waals surface area contributed by atoms with E-state index in [4.69, 9.17) is 0 Å². The summed E-state index contributed by atoms with van der Waals surface area (Å²) < 4.78 is 0. The Balaban J connectivity index is 1.60. The van der Waals surface area contributed by atoms with Crippen molar-refractivity contribution in [1.29, 1.82) is 0 Å². The molecule has 0 aliphatic carbocycles. The van der Waals surface area contributed by atoms with Gasteiger partial charge >= 0.3 is 0 Å². The van der Waals surface area contributed by atoms with Gasteiger partial charge in [0.25, 0.3) is 0 Å². The van der Waals surface area contributed by atoms with Gasteiger partial charge in [0.1, 0.15) is 4.88 Å². The quantitative estimate of drug-likeness (QED) is 0.381. The summed E-state index contributed by atoms with van der Waals surface area (Å²) in [5.74, 6) is -0.260. The lowest BCUT2D eigenvalue weighted by atomic mass is 10.1. The van der Waals surface area contributed by atoms with Crippen molar-refractivity contribution in [3.8, 4) is 11.3 Å². The molecule has 0 unspecified atom stereocenters. The molecule has 154 valence electrons. The number of carbonyl (C=O) groups is 2. The van der Waals surface area contributed by atoms with Crippen molar-refractivity contribution in [2.24, 2.45) is 0 Å². The fourth-order valence-corrected chi connectivity index (χ4v) is 4.25. The van der Waals surface area contributed by atoms with Crippen LogP contribution in [-0.2, 0) is 17.6 Å². The van der Waals surface area contributed by atoms with E-state index in [1.165, 1.54) is 16.9 Å². The number of benzene rings is 3. The van der Waals surface area contributed by atoms with Gasteiger partial charge in [-0.2, -0.15) is 0 Å². The first kappa shape index (κ1) is 20.7. The smallest absolute Gasteiger partial charge is 0.230 e. The Morgan fingerprint density at radius 3 is 2.10 bits per heavy atom. The molecule has 4 nitrogen and oxygen atoms in total. The van der Waals surface area contributed by atoms with Gasteiger partial charge in [0.05, 0.1) is 12.1 Å². The number of amides is 1. The molecular weight excluding hydrogens is 404 g/mol. The van der Waals surface area contributed by atoms with E-state index in [-0.39, 0.29) is 18.1 Å². The zero-order valence-corrected chi connectivity index (χ0v) is 18.0. The number of aromatic nitrogens is 1. The van der Waals surface area contributed by atoms with Crippen LogP contribution in [0.25, 0.3) is 11.3 Å². The number of anilines is 1. The summed E-state index contributed by atoms with van der Waals surface area (Å²) in [6, 6.07) is 26.7. The molecular formula is C26H22N2O2S. The van der Waals surface area contributed by atoms with E-state index >= 15 is 0 Å². The lowest BCUT2D eigenvalue weighted by Gasteiger charge is -2.03. The van der Waals surface area contributed by atoms with Crippen LogP contribution in [0.2, 0.25) is 0 Å². The highest BCUT2D eigenvalue weighted by atomic mass is 32.1. The first-order chi connectivity index (χ1) is 15.1. The number of aryl methyl sites for hydroxylation is 1. The van der Waals surface area contributed by atoms with Crippen molar-refractivity contribution in [3.05, 3.63) is 106 Å². The van der Waals surface area contributed by atoms with Crippen LogP contribution >= 0.6 is 11.3 Å². The van der Waals surface area contributed by atoms with Gasteiger partial charge in [-0.15, -0.1) is 0 Å². The predicted octanol–water partition coefficient (Wildman–Crippen LogP) is 5.78. The maximum Gasteiger partial charge on any atom is 0.230 e. The molecule has 1 amide bonds. The minimum absolute atomic E-state index is 0.104. The van der Waals surface area contributed by atoms with E-state index in [2.05, 4.69) is 17.2 Å². The topological polar surface area (TPSA) is 59.1 Å². The Morgan fingerprint density at radius 1 is 0.839 bits per heavy atom. The summed E-state index contributed by atoms with van der Waals surface area (Å²) in [5.41, 5.74) is 4.20. The van der Waals surface area contributed by atoms with E-state index in [0.29, 0.717) is 21.3 Å². The average molecular weight is 427 g/mol. The molecule has 0 atom stereocenters. The SMILES string of the molecule is CCc1ccc(CC(=O)Nc2nc(-c3ccccc3)c(C(=O)c3ccccc3)s2)cc1. The standard InChI is InChI=1S/C26H22N2O2S/c1-2-18-13-15-19(16-14-18)17-22(29)27-26-28-23(20-9-5-3-6-10-20)25(31-26)24(30)21-11-7-4-8-12-21/h3-16H,2,17H2,1H3,(H,27,28,29). The number of rotatable bonds is 7. The fraction of sp³-hybridized carbons (Fsp3) is 0.115. The summed E-state index contributed by atoms with van der Waals surface area (Å²) in [6.45, 7) is 2.10. The van der Waals surface area contributed by atoms with Gasteiger partial charge in [-0.1, -0.05) is 103 Å². The number of ketones is 1. The van der Waals surface area contributed by atoms with E-state index in [1.807, 2.05) is 72.8 Å². The number of carbonyl (C=O) groups excluding carboxylic acids is 2. The molecule has 3 aromatic carbocycles. The van der Waals surface area contributed by atoms with Crippen molar-refractivity contribution in [2.75, 3.05) is 5.32 Å². The highest BCUT2D eigenvalue weighted by molar-refractivity contribution is 7.18. The minimum Gasteiger partial charge on any atom is -0.302 e. The van der Waals surface area contributed by atoms with Gasteiger partial charge in [0.15, 0.2) is 5.13 Å². The molecule has 4 rings (SSSR count). The monoisotopic (exact) mass is 426 g/mol. The fourth-order valence-electron chi connectivity index (χ4n) is 3.28. The van der Waals surface area contributed by atoms with Gasteiger partial charge in [-0.05, 0) is 17.5 Å². The van der Waals surface area contributed by atoms with Crippen LogP contribution in [0.5, 0.6) is 0 Å². The molecule has 0 radical (unpaired) electrons. The van der Waals surface area contributed by atoms with Crippen molar-refractivity contribution in [2.45, 2.75) is 19.8 Å². The Labute approximate surface area is 185 Å². The maximum atomic E-state index is 13.1. The molecule has 0 saturated carbocycles. The first-order valence-corrected chi connectivity index (χ1v) is 11.0. The van der Waals surface area contributed by atoms with E-state index in [0.717, 1.165) is 17.5 Å². The molecule has 0 aliphatic heterocycles. The number of nitrogens with one attached hydrogen (secondary N) is 1. The molecule has 0 saturated heterocycles. The molecule has 0 spiro atoms. The zero-order chi connectivity index (χ0) is 21.6. The lowest BCUT2D eigenvalue weighted by molar-refractivity contribution is -0.115. The highest BCUT2D eigenvalue weighted by Gasteiger charge is 2.21. The molecule has 0 aliphatic rings. The molecule has 1 heterocycles. The summed E-state index contributed by atoms with van der Waals surface area (Å²) in [6.07, 6.45) is 1.22. The molecule has 1 N–H and O–H groups in total. The highest BCUT2D eigenvalue weighted by Crippen LogP contribution is 2.33. The van der Waals surface area contributed by atoms with Crippen LogP contribution in [0.15, 0.2) is 84.9 Å². The Hall–Kier alpha value is -3.57. The van der Waals surface area contributed by atoms with E-state index < -0.39 is 0 Å². The van der Waals surface area contributed by atoms with Crippen molar-refractivity contribution in [1.82, 2.24) is 4.98 Å². The molecule has 0 fully saturated rings. The number of hydrogen-bond acceptors (Lipinski definition) is 4. The van der Waals surface area contributed by atoms with Gasteiger partial charge in [0.2, 0.25) is 11.7 Å². The normalized spacial score (nSPS) is 10.6. The molecule has 4 aromatic rings. The van der Waals surface area contributed by atoms with E-state index in [9.17, 15) is 9.59 Å². The van der Waals surface area contributed by atoms with Gasteiger partial charge in [0, 0.05) is 11.1 Å². The molecule has 1 aromatic heterocycles.